The molecule has 0 spiro atoms. The number of esters is 1. The largest absolute Gasteiger partial charge is 0.507 e. The van der Waals surface area contributed by atoms with Crippen LogP contribution in [0.25, 0.3) is 0 Å². The van der Waals surface area contributed by atoms with E-state index in [9.17, 15) is 9.90 Å². The van der Waals surface area contributed by atoms with Crippen LogP contribution in [-0.2, 0) is 9.53 Å². The second-order valence-electron chi connectivity index (χ2n) is 9.22. The van der Waals surface area contributed by atoms with E-state index in [2.05, 4.69) is 6.92 Å². The lowest BCUT2D eigenvalue weighted by Gasteiger charge is -2.08. The highest BCUT2D eigenvalue weighted by Crippen LogP contribution is 2.28. The van der Waals surface area contributed by atoms with Crippen molar-refractivity contribution in [2.75, 3.05) is 12.4 Å². The number of benzene rings is 1. The van der Waals surface area contributed by atoms with Crippen LogP contribution in [0.4, 0.5) is 0 Å². The maximum absolute atomic E-state index is 11.9. The number of thioether (sulfide) groups is 1. The lowest BCUT2D eigenvalue weighted by atomic mass is 10.0. The molecule has 1 aromatic carbocycles. The Morgan fingerprint density at radius 3 is 1.59 bits per heavy atom. The summed E-state index contributed by atoms with van der Waals surface area (Å²) >= 11 is 1.47. The fourth-order valence-electron chi connectivity index (χ4n) is 4.02. The molecular formula is C28H48O3S. The molecule has 0 amide bonds. The van der Waals surface area contributed by atoms with Crippen molar-refractivity contribution in [3.05, 3.63) is 23.3 Å². The summed E-state index contributed by atoms with van der Waals surface area (Å²) in [6.07, 6.45) is 21.5. The second-order valence-corrected chi connectivity index (χ2v) is 10.3. The molecule has 1 rings (SSSR count). The number of ether oxygens (including phenoxy) is 1. The molecule has 0 aromatic heterocycles. The standard InChI is InChI=1S/C28H48O3S/c1-4-5-6-7-8-9-10-11-12-13-14-15-16-17-18-19-20-31-27(29)23-32-26-21-24(2)28(30)25(3)22-26/h21-22,30H,4-20,23H2,1-3H3. The van der Waals surface area contributed by atoms with Crippen LogP contribution in [0.1, 0.15) is 121 Å². The van der Waals surface area contributed by atoms with Crippen molar-refractivity contribution in [3.63, 3.8) is 0 Å². The SMILES string of the molecule is CCCCCCCCCCCCCCCCCCOC(=O)CSc1cc(C)c(O)c(C)c1. The Morgan fingerprint density at radius 2 is 1.16 bits per heavy atom. The molecule has 4 heteroatoms. The molecule has 0 fully saturated rings. The molecular weight excluding hydrogens is 416 g/mol. The molecule has 0 aliphatic heterocycles. The summed E-state index contributed by atoms with van der Waals surface area (Å²) in [5.41, 5.74) is 1.68. The van der Waals surface area contributed by atoms with E-state index in [-0.39, 0.29) is 5.97 Å². The topological polar surface area (TPSA) is 46.5 Å². The van der Waals surface area contributed by atoms with E-state index in [1.165, 1.54) is 102 Å². The Bertz CT molecular complexity index is 592. The molecule has 0 aliphatic rings. The van der Waals surface area contributed by atoms with E-state index in [1.54, 1.807) is 0 Å². The second kappa shape index (κ2) is 19.3. The Morgan fingerprint density at radius 1 is 0.750 bits per heavy atom. The van der Waals surface area contributed by atoms with Gasteiger partial charge in [0.15, 0.2) is 0 Å². The lowest BCUT2D eigenvalue weighted by molar-refractivity contribution is -0.140. The minimum Gasteiger partial charge on any atom is -0.507 e. The van der Waals surface area contributed by atoms with Crippen molar-refractivity contribution in [2.45, 2.75) is 128 Å². The fourth-order valence-corrected chi connectivity index (χ4v) is 4.91. The van der Waals surface area contributed by atoms with Crippen LogP contribution in [0.2, 0.25) is 0 Å². The van der Waals surface area contributed by atoms with Gasteiger partial charge in [0, 0.05) is 4.90 Å². The third-order valence-corrected chi connectivity index (χ3v) is 7.03. The van der Waals surface area contributed by atoms with Crippen molar-refractivity contribution >= 4 is 17.7 Å². The normalized spacial score (nSPS) is 11.1. The predicted molar refractivity (Wildman–Crippen MR) is 139 cm³/mol. The van der Waals surface area contributed by atoms with Crippen LogP contribution in [0, 0.1) is 13.8 Å². The highest BCUT2D eigenvalue weighted by atomic mass is 32.2. The average molecular weight is 465 g/mol. The highest BCUT2D eigenvalue weighted by Gasteiger charge is 2.08. The molecule has 0 atom stereocenters. The van der Waals surface area contributed by atoms with Crippen molar-refractivity contribution in [3.8, 4) is 5.75 Å². The maximum Gasteiger partial charge on any atom is 0.316 e. The van der Waals surface area contributed by atoms with Crippen molar-refractivity contribution in [1.29, 1.82) is 0 Å². The van der Waals surface area contributed by atoms with Crippen LogP contribution >= 0.6 is 11.8 Å². The van der Waals surface area contributed by atoms with Gasteiger partial charge in [0.25, 0.3) is 0 Å². The van der Waals surface area contributed by atoms with Gasteiger partial charge in [-0.1, -0.05) is 103 Å². The first-order valence-electron chi connectivity index (χ1n) is 13.1. The van der Waals surface area contributed by atoms with E-state index in [4.69, 9.17) is 4.74 Å². The van der Waals surface area contributed by atoms with Gasteiger partial charge in [-0.15, -0.1) is 11.8 Å². The summed E-state index contributed by atoms with van der Waals surface area (Å²) < 4.78 is 5.36. The number of rotatable bonds is 20. The number of phenols is 1. The van der Waals surface area contributed by atoms with Crippen LogP contribution in [0.15, 0.2) is 17.0 Å². The Labute approximate surface area is 202 Å². The zero-order chi connectivity index (χ0) is 23.4. The predicted octanol–water partition coefficient (Wildman–Crippen LogP) is 8.91. The molecule has 32 heavy (non-hydrogen) atoms. The van der Waals surface area contributed by atoms with Gasteiger partial charge in [0.05, 0.1) is 12.4 Å². The van der Waals surface area contributed by atoms with Gasteiger partial charge in [0.1, 0.15) is 5.75 Å². The third kappa shape index (κ3) is 14.8. The van der Waals surface area contributed by atoms with Gasteiger partial charge >= 0.3 is 5.97 Å². The molecule has 0 aliphatic carbocycles. The number of carbonyl (C=O) groups is 1. The maximum atomic E-state index is 11.9. The number of phenolic OH excluding ortho intramolecular Hbond substituents is 1. The minimum absolute atomic E-state index is 0.153. The first kappa shape index (κ1) is 28.9. The van der Waals surface area contributed by atoms with Crippen molar-refractivity contribution < 1.29 is 14.6 Å². The number of hydrogen-bond acceptors (Lipinski definition) is 4. The number of hydrogen-bond donors (Lipinski definition) is 1. The van der Waals surface area contributed by atoms with E-state index in [0.29, 0.717) is 18.1 Å². The molecule has 0 radical (unpaired) electrons. The molecule has 0 bridgehead atoms. The van der Waals surface area contributed by atoms with Gasteiger partial charge in [-0.05, 0) is 43.5 Å². The van der Waals surface area contributed by atoms with Gasteiger partial charge < -0.3 is 9.84 Å². The Kier molecular flexibility index (Phi) is 17.4. The molecule has 0 heterocycles. The molecule has 0 unspecified atom stereocenters. The van der Waals surface area contributed by atoms with E-state index in [1.807, 2.05) is 26.0 Å². The summed E-state index contributed by atoms with van der Waals surface area (Å²) in [5.74, 6) is 0.502. The zero-order valence-electron chi connectivity index (χ0n) is 21.1. The highest BCUT2D eigenvalue weighted by molar-refractivity contribution is 8.00. The summed E-state index contributed by atoms with van der Waals surface area (Å²) in [6.45, 7) is 6.57. The van der Waals surface area contributed by atoms with Gasteiger partial charge in [0.2, 0.25) is 0 Å². The van der Waals surface area contributed by atoms with Crippen LogP contribution in [-0.4, -0.2) is 23.4 Å². The summed E-state index contributed by atoms with van der Waals surface area (Å²) in [5, 5.41) is 9.82. The monoisotopic (exact) mass is 464 g/mol. The summed E-state index contributed by atoms with van der Waals surface area (Å²) in [4.78, 5) is 12.9. The minimum atomic E-state index is -0.153. The van der Waals surface area contributed by atoms with E-state index < -0.39 is 0 Å². The molecule has 0 saturated carbocycles. The molecule has 3 nitrogen and oxygen atoms in total. The summed E-state index contributed by atoms with van der Waals surface area (Å²) in [6, 6.07) is 3.83. The van der Waals surface area contributed by atoms with Crippen LogP contribution < -0.4 is 0 Å². The molecule has 1 N–H and O–H groups in total. The number of aryl methyl sites for hydroxylation is 2. The Balaban J connectivity index is 1.85. The van der Waals surface area contributed by atoms with Crippen LogP contribution in [0.3, 0.4) is 0 Å². The Hall–Kier alpha value is -1.16. The quantitative estimate of drug-likeness (QED) is 0.119. The number of carbonyl (C=O) groups excluding carboxylic acids is 1. The van der Waals surface area contributed by atoms with Crippen molar-refractivity contribution in [2.24, 2.45) is 0 Å². The van der Waals surface area contributed by atoms with E-state index >= 15 is 0 Å². The molecule has 0 saturated heterocycles. The van der Waals surface area contributed by atoms with Gasteiger partial charge in [-0.3, -0.25) is 4.79 Å². The van der Waals surface area contributed by atoms with Gasteiger partial charge in [-0.2, -0.15) is 0 Å². The number of aromatic hydroxyl groups is 1. The lowest BCUT2D eigenvalue weighted by Crippen LogP contribution is -2.08. The number of unbranched alkanes of at least 4 members (excludes halogenated alkanes) is 15. The summed E-state index contributed by atoms with van der Waals surface area (Å²) in [7, 11) is 0. The fraction of sp³-hybridized carbons (Fsp3) is 0.750. The third-order valence-electron chi connectivity index (χ3n) is 6.08. The molecule has 1 aromatic rings. The van der Waals surface area contributed by atoms with E-state index in [0.717, 1.165) is 28.9 Å². The first-order valence-corrected chi connectivity index (χ1v) is 14.1. The smallest absolute Gasteiger partial charge is 0.316 e. The average Bonchev–Trinajstić information content (AvgIpc) is 2.78. The van der Waals surface area contributed by atoms with Crippen LogP contribution in [0.5, 0.6) is 5.75 Å². The zero-order valence-corrected chi connectivity index (χ0v) is 21.9. The van der Waals surface area contributed by atoms with Gasteiger partial charge in [-0.25, -0.2) is 0 Å². The first-order chi connectivity index (χ1) is 15.5. The molecule has 184 valence electrons. The van der Waals surface area contributed by atoms with Crippen molar-refractivity contribution in [1.82, 2.24) is 0 Å².